The number of para-hydroxylation sites is 3. The molecule has 2 aromatic carbocycles. The summed E-state index contributed by atoms with van der Waals surface area (Å²) in [6, 6.07) is 14.5. The Morgan fingerprint density at radius 2 is 1.87 bits per heavy atom. The molecular formula is C24H21N3O4. The summed E-state index contributed by atoms with van der Waals surface area (Å²) in [4.78, 5) is 44.5. The molecule has 0 spiro atoms. The van der Waals surface area contributed by atoms with Gasteiger partial charge in [-0.05, 0) is 49.9 Å². The normalized spacial score (nSPS) is 15.8. The molecule has 0 unspecified atom stereocenters. The first-order chi connectivity index (χ1) is 15.0. The van der Waals surface area contributed by atoms with Crippen LogP contribution in [0.15, 0.2) is 48.5 Å². The largest absolute Gasteiger partial charge is 0.449 e. The number of aryl methyl sites for hydroxylation is 1. The van der Waals surface area contributed by atoms with Crippen molar-refractivity contribution in [1.82, 2.24) is 4.98 Å². The van der Waals surface area contributed by atoms with E-state index in [0.717, 1.165) is 41.4 Å². The molecule has 156 valence electrons. The van der Waals surface area contributed by atoms with Crippen molar-refractivity contribution < 1.29 is 19.1 Å². The Labute approximate surface area is 179 Å². The maximum Gasteiger partial charge on any atom is 0.339 e. The van der Waals surface area contributed by atoms with E-state index in [-0.39, 0.29) is 12.5 Å². The number of carbonyl (C=O) groups is 3. The molecule has 1 atom stereocenters. The first kappa shape index (κ1) is 19.2. The summed E-state index contributed by atoms with van der Waals surface area (Å²) in [5, 5.41) is 3.48. The van der Waals surface area contributed by atoms with E-state index in [4.69, 9.17) is 9.72 Å². The van der Waals surface area contributed by atoms with Gasteiger partial charge in [0.1, 0.15) is 6.54 Å². The standard InChI is InChI=1S/C24H21N3O4/c1-14(23(29)27-13-21(28)26-19-10-4-5-12-20(19)27)31-24(30)22-15-7-2-3-9-17(15)25-18-11-6-8-16(18)22/h2-5,7,9-10,12,14H,6,8,11,13H2,1H3,(H,26,28)/t14-/m1/s1. The summed E-state index contributed by atoms with van der Waals surface area (Å²) in [6.07, 6.45) is 1.48. The molecule has 0 bridgehead atoms. The molecule has 1 aliphatic heterocycles. The third-order valence-electron chi connectivity index (χ3n) is 5.79. The van der Waals surface area contributed by atoms with Gasteiger partial charge >= 0.3 is 5.97 Å². The maximum absolute atomic E-state index is 13.2. The Bertz CT molecular complexity index is 1240. The number of nitrogens with one attached hydrogen (secondary N) is 1. The molecule has 2 amide bonds. The second-order valence-corrected chi connectivity index (χ2v) is 7.82. The van der Waals surface area contributed by atoms with E-state index in [1.54, 1.807) is 31.2 Å². The van der Waals surface area contributed by atoms with Gasteiger partial charge in [-0.3, -0.25) is 19.5 Å². The summed E-state index contributed by atoms with van der Waals surface area (Å²) in [5.74, 6) is -1.26. The van der Waals surface area contributed by atoms with E-state index in [1.807, 2.05) is 24.3 Å². The SMILES string of the molecule is C[C@@H](OC(=O)c1c2c(nc3ccccc13)CCC2)C(=O)N1CC(=O)Nc2ccccc21. The number of hydrogen-bond donors (Lipinski definition) is 1. The molecule has 3 aromatic rings. The minimum Gasteiger partial charge on any atom is -0.449 e. The lowest BCUT2D eigenvalue weighted by Crippen LogP contribution is -2.47. The van der Waals surface area contributed by atoms with Gasteiger partial charge in [0.25, 0.3) is 5.91 Å². The predicted molar refractivity (Wildman–Crippen MR) is 116 cm³/mol. The van der Waals surface area contributed by atoms with Crippen molar-refractivity contribution in [3.63, 3.8) is 0 Å². The molecule has 2 heterocycles. The number of benzene rings is 2. The van der Waals surface area contributed by atoms with Crippen LogP contribution in [0.1, 0.15) is 35.0 Å². The quantitative estimate of drug-likeness (QED) is 0.664. The molecular weight excluding hydrogens is 394 g/mol. The fourth-order valence-corrected chi connectivity index (χ4v) is 4.36. The maximum atomic E-state index is 13.2. The highest BCUT2D eigenvalue weighted by Gasteiger charge is 2.33. The lowest BCUT2D eigenvalue weighted by atomic mass is 10.0. The number of fused-ring (bicyclic) bond motifs is 3. The Balaban J connectivity index is 1.45. The average Bonchev–Trinajstić information content (AvgIpc) is 3.24. The molecule has 0 fully saturated rings. The van der Waals surface area contributed by atoms with Crippen LogP contribution < -0.4 is 10.2 Å². The fraction of sp³-hybridized carbons (Fsp3) is 0.250. The van der Waals surface area contributed by atoms with Gasteiger partial charge in [0.2, 0.25) is 5.91 Å². The summed E-state index contributed by atoms with van der Waals surface area (Å²) in [5.41, 5.74) is 4.22. The average molecular weight is 415 g/mol. The number of hydrogen-bond acceptors (Lipinski definition) is 5. The molecule has 7 nitrogen and oxygen atoms in total. The molecule has 5 rings (SSSR count). The van der Waals surface area contributed by atoms with Crippen molar-refractivity contribution in [2.24, 2.45) is 0 Å². The van der Waals surface area contributed by atoms with Gasteiger partial charge in [-0.15, -0.1) is 0 Å². The monoisotopic (exact) mass is 415 g/mol. The lowest BCUT2D eigenvalue weighted by Gasteiger charge is -2.30. The Kier molecular flexibility index (Phi) is 4.66. The number of anilines is 2. The number of aromatic nitrogens is 1. The summed E-state index contributed by atoms with van der Waals surface area (Å²) in [7, 11) is 0. The van der Waals surface area contributed by atoms with Crippen LogP contribution in [0, 0.1) is 0 Å². The van der Waals surface area contributed by atoms with Crippen LogP contribution in [0.4, 0.5) is 11.4 Å². The van der Waals surface area contributed by atoms with Crippen LogP contribution in [0.2, 0.25) is 0 Å². The van der Waals surface area contributed by atoms with E-state index >= 15 is 0 Å². The Morgan fingerprint density at radius 3 is 2.74 bits per heavy atom. The highest BCUT2D eigenvalue weighted by atomic mass is 16.5. The fourth-order valence-electron chi connectivity index (χ4n) is 4.36. The van der Waals surface area contributed by atoms with Gasteiger partial charge < -0.3 is 10.1 Å². The third-order valence-corrected chi connectivity index (χ3v) is 5.79. The van der Waals surface area contributed by atoms with Crippen molar-refractivity contribution in [2.75, 3.05) is 16.8 Å². The van der Waals surface area contributed by atoms with Gasteiger partial charge in [-0.1, -0.05) is 30.3 Å². The molecule has 0 radical (unpaired) electrons. The second-order valence-electron chi connectivity index (χ2n) is 7.82. The van der Waals surface area contributed by atoms with Crippen molar-refractivity contribution >= 4 is 40.1 Å². The third kappa shape index (κ3) is 3.32. The van der Waals surface area contributed by atoms with Gasteiger partial charge in [-0.2, -0.15) is 0 Å². The van der Waals surface area contributed by atoms with Crippen molar-refractivity contribution in [1.29, 1.82) is 0 Å². The van der Waals surface area contributed by atoms with Crippen LogP contribution in [0.25, 0.3) is 10.9 Å². The van der Waals surface area contributed by atoms with Crippen LogP contribution in [0.5, 0.6) is 0 Å². The lowest BCUT2D eigenvalue weighted by molar-refractivity contribution is -0.128. The molecule has 0 saturated heterocycles. The van der Waals surface area contributed by atoms with Crippen LogP contribution >= 0.6 is 0 Å². The topological polar surface area (TPSA) is 88.6 Å². The van der Waals surface area contributed by atoms with Crippen LogP contribution in [-0.2, 0) is 27.2 Å². The van der Waals surface area contributed by atoms with Crippen LogP contribution in [-0.4, -0.2) is 35.4 Å². The number of esters is 1. The van der Waals surface area contributed by atoms with Gasteiger partial charge in [0.15, 0.2) is 6.10 Å². The smallest absolute Gasteiger partial charge is 0.339 e. The zero-order valence-corrected chi connectivity index (χ0v) is 17.1. The summed E-state index contributed by atoms with van der Waals surface area (Å²) >= 11 is 0. The van der Waals surface area contributed by atoms with E-state index in [9.17, 15) is 14.4 Å². The number of nitrogens with zero attached hydrogens (tertiary/aromatic N) is 2. The minimum atomic E-state index is -1.05. The minimum absolute atomic E-state index is 0.120. The van der Waals surface area contributed by atoms with E-state index in [2.05, 4.69) is 5.32 Å². The van der Waals surface area contributed by atoms with Gasteiger partial charge in [0, 0.05) is 11.1 Å². The van der Waals surface area contributed by atoms with Crippen LogP contribution in [0.3, 0.4) is 0 Å². The van der Waals surface area contributed by atoms with Crippen molar-refractivity contribution in [3.8, 4) is 0 Å². The van der Waals surface area contributed by atoms with Crippen molar-refractivity contribution in [2.45, 2.75) is 32.3 Å². The first-order valence-corrected chi connectivity index (χ1v) is 10.3. The van der Waals surface area contributed by atoms with E-state index in [1.165, 1.54) is 4.90 Å². The zero-order valence-electron chi connectivity index (χ0n) is 17.1. The molecule has 1 aromatic heterocycles. The number of ether oxygens (including phenoxy) is 1. The van der Waals surface area contributed by atoms with Crippen molar-refractivity contribution in [3.05, 3.63) is 65.4 Å². The number of amides is 2. The molecule has 0 saturated carbocycles. The zero-order chi connectivity index (χ0) is 21.5. The van der Waals surface area contributed by atoms with E-state index < -0.39 is 18.0 Å². The number of rotatable bonds is 3. The van der Waals surface area contributed by atoms with E-state index in [0.29, 0.717) is 16.9 Å². The Morgan fingerprint density at radius 1 is 1.10 bits per heavy atom. The Hall–Kier alpha value is -3.74. The number of carbonyl (C=O) groups excluding carboxylic acids is 3. The molecule has 1 N–H and O–H groups in total. The molecule has 1 aliphatic carbocycles. The highest BCUT2D eigenvalue weighted by Crippen LogP contribution is 2.32. The first-order valence-electron chi connectivity index (χ1n) is 10.3. The summed E-state index contributed by atoms with van der Waals surface area (Å²) < 4.78 is 5.65. The van der Waals surface area contributed by atoms with Gasteiger partial charge in [-0.25, -0.2) is 4.79 Å². The molecule has 7 heteroatoms. The number of pyridine rings is 1. The molecule has 2 aliphatic rings. The second kappa shape index (κ2) is 7.50. The highest BCUT2D eigenvalue weighted by molar-refractivity contribution is 6.12. The molecule has 31 heavy (non-hydrogen) atoms. The summed E-state index contributed by atoms with van der Waals surface area (Å²) in [6.45, 7) is 1.42. The van der Waals surface area contributed by atoms with Gasteiger partial charge in [0.05, 0.1) is 22.5 Å². The predicted octanol–water partition coefficient (Wildman–Crippen LogP) is 3.25.